The molecule has 7 nitrogen and oxygen atoms in total. The van der Waals surface area contributed by atoms with Crippen LogP contribution >= 0.6 is 0 Å². The summed E-state index contributed by atoms with van der Waals surface area (Å²) in [5.74, 6) is 0.887. The van der Waals surface area contributed by atoms with Gasteiger partial charge in [-0.05, 0) is 30.7 Å². The smallest absolute Gasteiger partial charge is 0.232 e. The maximum absolute atomic E-state index is 11.8. The monoisotopic (exact) mass is 344 g/mol. The largest absolute Gasteiger partial charge is 0.339 e. The average molecular weight is 344 g/mol. The summed E-state index contributed by atoms with van der Waals surface area (Å²) in [7, 11) is -3.35. The predicted octanol–water partition coefficient (Wildman–Crippen LogP) is 2.48. The van der Waals surface area contributed by atoms with E-state index in [0.29, 0.717) is 23.8 Å². The maximum Gasteiger partial charge on any atom is 0.232 e. The first-order valence-corrected chi connectivity index (χ1v) is 9.04. The number of para-hydroxylation sites is 1. The molecule has 3 rings (SSSR count). The third-order valence-corrected chi connectivity index (χ3v) is 4.70. The molecule has 124 valence electrons. The van der Waals surface area contributed by atoms with Gasteiger partial charge in [0, 0.05) is 18.0 Å². The van der Waals surface area contributed by atoms with E-state index in [1.54, 1.807) is 43.6 Å². The van der Waals surface area contributed by atoms with Crippen molar-refractivity contribution >= 4 is 15.7 Å². The Morgan fingerprint density at radius 1 is 1.12 bits per heavy atom. The number of nitrogens with zero attached hydrogens (tertiary/aromatic N) is 3. The zero-order chi connectivity index (χ0) is 17.0. The summed E-state index contributed by atoms with van der Waals surface area (Å²) in [5, 5.41) is 3.95. The molecular formula is C16H16N4O3S. The minimum atomic E-state index is -3.35. The number of aromatic nitrogens is 3. The number of hydrogen-bond donors (Lipinski definition) is 1. The maximum atomic E-state index is 11.8. The van der Waals surface area contributed by atoms with Gasteiger partial charge in [0.1, 0.15) is 0 Å². The Labute approximate surface area is 139 Å². The van der Waals surface area contributed by atoms with Crippen LogP contribution in [0.3, 0.4) is 0 Å². The average Bonchev–Trinajstić information content (AvgIpc) is 3.06. The van der Waals surface area contributed by atoms with Gasteiger partial charge in [0.25, 0.3) is 0 Å². The van der Waals surface area contributed by atoms with Crippen molar-refractivity contribution in [3.05, 3.63) is 60.2 Å². The summed E-state index contributed by atoms with van der Waals surface area (Å²) < 4.78 is 31.4. The van der Waals surface area contributed by atoms with Crippen LogP contribution in [0.2, 0.25) is 0 Å². The zero-order valence-corrected chi connectivity index (χ0v) is 13.8. The molecule has 1 N–H and O–H groups in total. The second-order valence-corrected chi connectivity index (χ2v) is 7.10. The van der Waals surface area contributed by atoms with E-state index in [1.807, 2.05) is 12.1 Å². The van der Waals surface area contributed by atoms with Crippen LogP contribution in [0, 0.1) is 0 Å². The van der Waals surface area contributed by atoms with Gasteiger partial charge in [-0.2, -0.15) is 4.98 Å². The number of nitrogens with one attached hydrogen (secondary N) is 1. The third kappa shape index (κ3) is 3.77. The highest BCUT2D eigenvalue weighted by atomic mass is 32.2. The van der Waals surface area contributed by atoms with Crippen LogP contribution < -0.4 is 4.72 Å². The molecule has 0 aliphatic carbocycles. The van der Waals surface area contributed by atoms with Gasteiger partial charge in [-0.25, -0.2) is 8.42 Å². The van der Waals surface area contributed by atoms with Crippen LogP contribution in [0.1, 0.15) is 18.4 Å². The number of rotatable bonds is 6. The first-order chi connectivity index (χ1) is 11.6. The lowest BCUT2D eigenvalue weighted by atomic mass is 10.1. The third-order valence-electron chi connectivity index (χ3n) is 3.41. The molecule has 2 heterocycles. The molecule has 1 aromatic carbocycles. The van der Waals surface area contributed by atoms with Crippen molar-refractivity contribution in [1.29, 1.82) is 0 Å². The van der Waals surface area contributed by atoms with Gasteiger partial charge in [0.2, 0.25) is 21.7 Å². The first-order valence-electron chi connectivity index (χ1n) is 7.39. The molecule has 3 aromatic rings. The molecule has 0 fully saturated rings. The highest BCUT2D eigenvalue weighted by Crippen LogP contribution is 2.21. The van der Waals surface area contributed by atoms with E-state index in [1.165, 1.54) is 0 Å². The van der Waals surface area contributed by atoms with Crippen LogP contribution in [-0.4, -0.2) is 29.3 Å². The Balaban J connectivity index is 1.84. The molecule has 2 aromatic heterocycles. The number of benzene rings is 1. The summed E-state index contributed by atoms with van der Waals surface area (Å²) in [5.41, 5.74) is 2.09. The van der Waals surface area contributed by atoms with Gasteiger partial charge < -0.3 is 4.52 Å². The predicted molar refractivity (Wildman–Crippen MR) is 89.9 cm³/mol. The Morgan fingerprint density at radius 3 is 2.62 bits per heavy atom. The van der Waals surface area contributed by atoms with Gasteiger partial charge in [0.05, 0.1) is 17.9 Å². The van der Waals surface area contributed by atoms with E-state index in [-0.39, 0.29) is 5.75 Å². The number of pyridine rings is 1. The van der Waals surface area contributed by atoms with Gasteiger partial charge in [-0.15, -0.1) is 0 Å². The molecule has 0 saturated carbocycles. The van der Waals surface area contributed by atoms with E-state index in [9.17, 15) is 8.42 Å². The van der Waals surface area contributed by atoms with Gasteiger partial charge >= 0.3 is 0 Å². The van der Waals surface area contributed by atoms with Crippen molar-refractivity contribution in [1.82, 2.24) is 15.1 Å². The fraction of sp³-hybridized carbons (Fsp3) is 0.188. The van der Waals surface area contributed by atoms with Crippen LogP contribution in [0.15, 0.2) is 53.3 Å². The molecule has 0 aliphatic rings. The second-order valence-electron chi connectivity index (χ2n) is 5.09. The SMILES string of the molecule is CCS(=O)(=O)Nc1ccccc1Cc1nc(-c2ccncc2)no1. The summed E-state index contributed by atoms with van der Waals surface area (Å²) in [6.07, 6.45) is 3.64. The van der Waals surface area contributed by atoms with Gasteiger partial charge in [-0.1, -0.05) is 23.4 Å². The lowest BCUT2D eigenvalue weighted by Gasteiger charge is -2.10. The van der Waals surface area contributed by atoms with Gasteiger partial charge in [-0.3, -0.25) is 9.71 Å². The minimum Gasteiger partial charge on any atom is -0.339 e. The molecule has 0 aliphatic heterocycles. The van der Waals surface area contributed by atoms with Crippen molar-refractivity contribution in [3.63, 3.8) is 0 Å². The van der Waals surface area contributed by atoms with E-state index >= 15 is 0 Å². The number of anilines is 1. The topological polar surface area (TPSA) is 98.0 Å². The molecule has 0 spiro atoms. The Bertz CT molecular complexity index is 923. The number of sulfonamides is 1. The van der Waals surface area contributed by atoms with E-state index in [0.717, 1.165) is 11.1 Å². The summed E-state index contributed by atoms with van der Waals surface area (Å²) in [6.45, 7) is 1.59. The molecule has 0 amide bonds. The van der Waals surface area contributed by atoms with Gasteiger partial charge in [0.15, 0.2) is 0 Å². The fourth-order valence-corrected chi connectivity index (χ4v) is 2.80. The van der Waals surface area contributed by atoms with Crippen LogP contribution in [0.25, 0.3) is 11.4 Å². The molecule has 0 radical (unpaired) electrons. The summed E-state index contributed by atoms with van der Waals surface area (Å²) in [6, 6.07) is 10.7. The minimum absolute atomic E-state index is 0.00802. The standard InChI is InChI=1S/C16H16N4O3S/c1-2-24(21,22)20-14-6-4-3-5-13(14)11-15-18-16(19-23-15)12-7-9-17-10-8-12/h3-10,20H,2,11H2,1H3. The lowest BCUT2D eigenvalue weighted by molar-refractivity contribution is 0.386. The molecule has 0 atom stereocenters. The molecule has 8 heteroatoms. The second kappa shape index (κ2) is 6.79. The molecule has 0 saturated heterocycles. The van der Waals surface area contributed by atoms with Crippen LogP contribution in [0.4, 0.5) is 5.69 Å². The van der Waals surface area contributed by atoms with Crippen LogP contribution in [-0.2, 0) is 16.4 Å². The molecular weight excluding hydrogens is 328 g/mol. The normalized spacial score (nSPS) is 11.4. The zero-order valence-electron chi connectivity index (χ0n) is 13.0. The fourth-order valence-electron chi connectivity index (χ4n) is 2.12. The van der Waals surface area contributed by atoms with Crippen molar-refractivity contribution in [3.8, 4) is 11.4 Å². The highest BCUT2D eigenvalue weighted by molar-refractivity contribution is 7.92. The van der Waals surface area contributed by atoms with Crippen molar-refractivity contribution in [2.24, 2.45) is 0 Å². The Morgan fingerprint density at radius 2 is 1.88 bits per heavy atom. The van der Waals surface area contributed by atoms with E-state index < -0.39 is 10.0 Å². The summed E-state index contributed by atoms with van der Waals surface area (Å²) in [4.78, 5) is 8.30. The van der Waals surface area contributed by atoms with Crippen molar-refractivity contribution in [2.45, 2.75) is 13.3 Å². The Hall–Kier alpha value is -2.74. The van der Waals surface area contributed by atoms with Crippen molar-refractivity contribution < 1.29 is 12.9 Å². The van der Waals surface area contributed by atoms with Crippen LogP contribution in [0.5, 0.6) is 0 Å². The lowest BCUT2D eigenvalue weighted by Crippen LogP contribution is -2.15. The Kier molecular flexibility index (Phi) is 4.57. The van der Waals surface area contributed by atoms with E-state index in [2.05, 4.69) is 19.8 Å². The van der Waals surface area contributed by atoms with Crippen molar-refractivity contribution in [2.75, 3.05) is 10.5 Å². The molecule has 0 bridgehead atoms. The van der Waals surface area contributed by atoms with E-state index in [4.69, 9.17) is 4.52 Å². The molecule has 24 heavy (non-hydrogen) atoms. The highest BCUT2D eigenvalue weighted by Gasteiger charge is 2.14. The summed E-state index contributed by atoms with van der Waals surface area (Å²) >= 11 is 0. The first kappa shape index (κ1) is 16.1. The molecule has 0 unspecified atom stereocenters. The number of hydrogen-bond acceptors (Lipinski definition) is 6. The quantitative estimate of drug-likeness (QED) is 0.738.